The number of benzene rings is 1. The van der Waals surface area contributed by atoms with Crippen molar-refractivity contribution in [3.05, 3.63) is 23.8 Å². The molecule has 0 amide bonds. The second-order valence-corrected chi connectivity index (χ2v) is 6.16. The number of hydrogen-bond acceptors (Lipinski definition) is 3. The van der Waals surface area contributed by atoms with Crippen molar-refractivity contribution < 1.29 is 0 Å². The summed E-state index contributed by atoms with van der Waals surface area (Å²) < 4.78 is 0. The number of thioether (sulfide) groups is 1. The predicted molar refractivity (Wildman–Crippen MR) is 72.3 cm³/mol. The van der Waals surface area contributed by atoms with E-state index in [-0.39, 0.29) is 0 Å². The lowest BCUT2D eigenvalue weighted by atomic mass is 10.2. The van der Waals surface area contributed by atoms with Gasteiger partial charge in [-0.15, -0.1) is 0 Å². The average Bonchev–Trinajstić information content (AvgIpc) is 2.84. The van der Waals surface area contributed by atoms with Crippen LogP contribution in [0.2, 0.25) is 0 Å². The normalized spacial score (nSPS) is 24.6. The number of rotatable bonds is 2. The maximum absolute atomic E-state index is 5.93. The first kappa shape index (κ1) is 11.1. The highest BCUT2D eigenvalue weighted by Gasteiger charge is 2.23. The van der Waals surface area contributed by atoms with Crippen LogP contribution in [0.25, 0.3) is 11.0 Å². The van der Waals surface area contributed by atoms with Crippen molar-refractivity contribution in [2.45, 2.75) is 42.6 Å². The van der Waals surface area contributed by atoms with Crippen LogP contribution in [-0.2, 0) is 0 Å². The Morgan fingerprint density at radius 3 is 3.06 bits per heavy atom. The third kappa shape index (κ3) is 2.33. The molecular formula is C13H17N3S. The molecule has 3 N–H and O–H groups in total. The van der Waals surface area contributed by atoms with Crippen LogP contribution in [0.4, 0.5) is 0 Å². The topological polar surface area (TPSA) is 54.7 Å². The van der Waals surface area contributed by atoms with Gasteiger partial charge < -0.3 is 10.7 Å². The lowest BCUT2D eigenvalue weighted by Crippen LogP contribution is -2.15. The van der Waals surface area contributed by atoms with Gasteiger partial charge in [-0.05, 0) is 43.9 Å². The highest BCUT2D eigenvalue weighted by molar-refractivity contribution is 7.99. The summed E-state index contributed by atoms with van der Waals surface area (Å²) in [5, 5.41) is 1.66. The minimum atomic E-state index is 0.388. The van der Waals surface area contributed by atoms with E-state index in [1.54, 1.807) is 0 Å². The number of aromatic amines is 1. The predicted octanol–water partition coefficient (Wildman–Crippen LogP) is 2.84. The van der Waals surface area contributed by atoms with Gasteiger partial charge in [-0.3, -0.25) is 0 Å². The maximum Gasteiger partial charge on any atom is 0.166 e. The fraction of sp³-hybridized carbons (Fsp3) is 0.462. The number of nitrogens with one attached hydrogen (secondary N) is 1. The molecule has 1 aliphatic carbocycles. The van der Waals surface area contributed by atoms with Crippen LogP contribution in [0.1, 0.15) is 24.8 Å². The quantitative estimate of drug-likeness (QED) is 0.858. The molecule has 4 heteroatoms. The summed E-state index contributed by atoms with van der Waals surface area (Å²) in [6, 6.07) is 6.71. The van der Waals surface area contributed by atoms with Gasteiger partial charge in [-0.2, -0.15) is 0 Å². The number of aromatic nitrogens is 2. The molecule has 3 rings (SSSR count). The maximum atomic E-state index is 5.93. The van der Waals surface area contributed by atoms with Crippen molar-refractivity contribution in [1.29, 1.82) is 0 Å². The van der Waals surface area contributed by atoms with E-state index in [1.165, 1.54) is 12.0 Å². The Kier molecular flexibility index (Phi) is 2.84. The second-order valence-electron chi connectivity index (χ2n) is 4.88. The van der Waals surface area contributed by atoms with Crippen LogP contribution < -0.4 is 5.73 Å². The largest absolute Gasteiger partial charge is 0.333 e. The minimum Gasteiger partial charge on any atom is -0.333 e. The number of H-pyrrole nitrogens is 1. The molecule has 2 aromatic rings. The van der Waals surface area contributed by atoms with E-state index in [4.69, 9.17) is 5.73 Å². The molecular weight excluding hydrogens is 230 g/mol. The van der Waals surface area contributed by atoms with Crippen LogP contribution in [-0.4, -0.2) is 21.3 Å². The number of aryl methyl sites for hydroxylation is 1. The molecule has 1 saturated carbocycles. The van der Waals surface area contributed by atoms with Gasteiger partial charge in [0.1, 0.15) is 0 Å². The zero-order chi connectivity index (χ0) is 11.8. The fourth-order valence-electron chi connectivity index (χ4n) is 2.39. The van der Waals surface area contributed by atoms with Gasteiger partial charge >= 0.3 is 0 Å². The van der Waals surface area contributed by atoms with E-state index >= 15 is 0 Å². The SMILES string of the molecule is Cc1ccc2nc(SC3CCC(N)C3)[nH]c2c1. The first-order valence-corrected chi connectivity index (χ1v) is 6.97. The average molecular weight is 247 g/mol. The highest BCUT2D eigenvalue weighted by Crippen LogP contribution is 2.33. The van der Waals surface area contributed by atoms with Crippen LogP contribution in [0.3, 0.4) is 0 Å². The van der Waals surface area contributed by atoms with Gasteiger partial charge in [0.25, 0.3) is 0 Å². The lowest BCUT2D eigenvalue weighted by Gasteiger charge is -2.05. The summed E-state index contributed by atoms with van der Waals surface area (Å²) in [7, 11) is 0. The molecule has 90 valence electrons. The molecule has 0 radical (unpaired) electrons. The number of nitrogens with two attached hydrogens (primary N) is 1. The summed E-state index contributed by atoms with van der Waals surface area (Å²) in [6.07, 6.45) is 3.47. The van der Waals surface area contributed by atoms with E-state index in [1.807, 2.05) is 11.8 Å². The number of hydrogen-bond donors (Lipinski definition) is 2. The molecule has 1 aliphatic rings. The zero-order valence-corrected chi connectivity index (χ0v) is 10.8. The highest BCUT2D eigenvalue weighted by atomic mass is 32.2. The molecule has 0 saturated heterocycles. The van der Waals surface area contributed by atoms with Crippen LogP contribution in [0.15, 0.2) is 23.4 Å². The molecule has 2 atom stereocenters. The lowest BCUT2D eigenvalue weighted by molar-refractivity contribution is 0.705. The number of fused-ring (bicyclic) bond motifs is 1. The molecule has 0 bridgehead atoms. The number of nitrogens with zero attached hydrogens (tertiary/aromatic N) is 1. The van der Waals surface area contributed by atoms with Gasteiger partial charge in [0.05, 0.1) is 11.0 Å². The van der Waals surface area contributed by atoms with Crippen molar-refractivity contribution >= 4 is 22.8 Å². The third-order valence-electron chi connectivity index (χ3n) is 3.32. The third-order valence-corrected chi connectivity index (χ3v) is 4.50. The van der Waals surface area contributed by atoms with Gasteiger partial charge in [-0.25, -0.2) is 4.98 Å². The summed E-state index contributed by atoms with van der Waals surface area (Å²) in [5.74, 6) is 0. The molecule has 1 aromatic heterocycles. The smallest absolute Gasteiger partial charge is 0.166 e. The molecule has 1 fully saturated rings. The molecule has 1 heterocycles. The minimum absolute atomic E-state index is 0.388. The Balaban J connectivity index is 1.81. The Morgan fingerprint density at radius 2 is 2.29 bits per heavy atom. The van der Waals surface area contributed by atoms with E-state index in [0.717, 1.165) is 29.0 Å². The Hall–Kier alpha value is -1.00. The van der Waals surface area contributed by atoms with Crippen LogP contribution in [0, 0.1) is 6.92 Å². The monoisotopic (exact) mass is 247 g/mol. The van der Waals surface area contributed by atoms with Gasteiger partial charge in [0.2, 0.25) is 0 Å². The van der Waals surface area contributed by atoms with E-state index in [9.17, 15) is 0 Å². The molecule has 1 aromatic carbocycles. The standard InChI is InChI=1S/C13H17N3S/c1-8-2-5-11-12(6-8)16-13(15-11)17-10-4-3-9(14)7-10/h2,5-6,9-10H,3-4,7,14H2,1H3,(H,15,16). The van der Waals surface area contributed by atoms with Crippen molar-refractivity contribution in [2.24, 2.45) is 5.73 Å². The van der Waals surface area contributed by atoms with Gasteiger partial charge in [-0.1, -0.05) is 17.8 Å². The van der Waals surface area contributed by atoms with Gasteiger partial charge in [0.15, 0.2) is 5.16 Å². The zero-order valence-electron chi connectivity index (χ0n) is 9.94. The Morgan fingerprint density at radius 1 is 1.41 bits per heavy atom. The molecule has 0 spiro atoms. The Bertz CT molecular complexity index is 534. The summed E-state index contributed by atoms with van der Waals surface area (Å²) in [4.78, 5) is 8.00. The van der Waals surface area contributed by atoms with Crippen molar-refractivity contribution in [2.75, 3.05) is 0 Å². The van der Waals surface area contributed by atoms with E-state index in [0.29, 0.717) is 11.3 Å². The summed E-state index contributed by atoms with van der Waals surface area (Å²) in [5.41, 5.74) is 9.38. The Labute approximate surface area is 105 Å². The van der Waals surface area contributed by atoms with Crippen molar-refractivity contribution in [3.8, 4) is 0 Å². The van der Waals surface area contributed by atoms with E-state index < -0.39 is 0 Å². The van der Waals surface area contributed by atoms with Crippen molar-refractivity contribution in [1.82, 2.24) is 9.97 Å². The van der Waals surface area contributed by atoms with E-state index in [2.05, 4.69) is 35.1 Å². The molecule has 3 nitrogen and oxygen atoms in total. The first-order chi connectivity index (χ1) is 8.20. The second kappa shape index (κ2) is 4.35. The van der Waals surface area contributed by atoms with Crippen molar-refractivity contribution in [3.63, 3.8) is 0 Å². The number of imidazole rings is 1. The molecule has 2 unspecified atom stereocenters. The molecule has 0 aliphatic heterocycles. The van der Waals surface area contributed by atoms with Crippen LogP contribution >= 0.6 is 11.8 Å². The molecule has 17 heavy (non-hydrogen) atoms. The summed E-state index contributed by atoms with van der Waals surface area (Å²) >= 11 is 1.84. The first-order valence-electron chi connectivity index (χ1n) is 6.09. The summed E-state index contributed by atoms with van der Waals surface area (Å²) in [6.45, 7) is 2.10. The fourth-order valence-corrected chi connectivity index (χ4v) is 3.63. The van der Waals surface area contributed by atoms with Gasteiger partial charge in [0, 0.05) is 11.3 Å². The van der Waals surface area contributed by atoms with Crippen LogP contribution in [0.5, 0.6) is 0 Å².